The van der Waals surface area contributed by atoms with Crippen LogP contribution < -0.4 is 0 Å². The van der Waals surface area contributed by atoms with Crippen LogP contribution >= 0.6 is 0 Å². The second-order valence-electron chi connectivity index (χ2n) is 6.93. The summed E-state index contributed by atoms with van der Waals surface area (Å²) < 4.78 is 40.0. The van der Waals surface area contributed by atoms with E-state index in [1.807, 2.05) is 0 Å². The van der Waals surface area contributed by atoms with Gasteiger partial charge in [0.1, 0.15) is 0 Å². The number of aromatic hydroxyl groups is 2. The van der Waals surface area contributed by atoms with Crippen molar-refractivity contribution in [2.45, 2.75) is 30.9 Å². The Morgan fingerprint density at radius 2 is 1.58 bits per heavy atom. The summed E-state index contributed by atoms with van der Waals surface area (Å²) in [5.41, 5.74) is 0.739. The highest BCUT2D eigenvalue weighted by molar-refractivity contribution is 5.66. The molecule has 1 fully saturated rings. The monoisotopic (exact) mass is 333 g/mol. The summed E-state index contributed by atoms with van der Waals surface area (Å²) in [7, 11) is 0. The van der Waals surface area contributed by atoms with Crippen LogP contribution in [0.15, 0.2) is 36.4 Å². The Balaban J connectivity index is 1.69. The normalized spacial score (nSPS) is 25.5. The van der Waals surface area contributed by atoms with Gasteiger partial charge in [0, 0.05) is 23.0 Å². The molecule has 2 aromatic rings. The lowest BCUT2D eigenvalue weighted by atomic mass is 9.90. The molecule has 5 rings (SSSR count). The summed E-state index contributed by atoms with van der Waals surface area (Å²) in [5, 5.41) is 21.3. The Morgan fingerprint density at radius 3 is 2.08 bits per heavy atom. The molecule has 3 aliphatic carbocycles. The van der Waals surface area contributed by atoms with Crippen LogP contribution in [0.25, 0.3) is 5.69 Å². The van der Waals surface area contributed by atoms with Gasteiger partial charge in [-0.2, -0.15) is 13.2 Å². The molecule has 0 saturated heterocycles. The van der Waals surface area contributed by atoms with Gasteiger partial charge in [-0.05, 0) is 36.5 Å². The quantitative estimate of drug-likeness (QED) is 0.758. The average molecular weight is 333 g/mol. The lowest BCUT2D eigenvalue weighted by molar-refractivity contribution is -0.137. The summed E-state index contributed by atoms with van der Waals surface area (Å²) in [6.45, 7) is 0. The maximum atomic E-state index is 12.9. The van der Waals surface area contributed by atoms with Crippen LogP contribution in [0.4, 0.5) is 13.2 Å². The topological polar surface area (TPSA) is 45.4 Å². The molecule has 0 amide bonds. The third kappa shape index (κ3) is 1.49. The van der Waals surface area contributed by atoms with Gasteiger partial charge in [0.25, 0.3) is 0 Å². The lowest BCUT2D eigenvalue weighted by Crippen LogP contribution is -2.08. The number of halogens is 3. The molecule has 1 saturated carbocycles. The smallest absolute Gasteiger partial charge is 0.416 e. The van der Waals surface area contributed by atoms with Crippen molar-refractivity contribution in [2.75, 3.05) is 0 Å². The number of hydrogen-bond acceptors (Lipinski definition) is 2. The van der Waals surface area contributed by atoms with E-state index in [0.29, 0.717) is 11.1 Å². The minimum atomic E-state index is -4.48. The Hall–Kier alpha value is -2.37. The number of nitrogens with zero attached hydrogens (tertiary/aromatic N) is 1. The first kappa shape index (κ1) is 14.0. The SMILES string of the molecule is Oc1c2c(c(O)n1-c1cccc(C(F)(F)F)c1)[C@@H]1C=C[C@H]2C12CC2. The molecule has 2 atom stereocenters. The maximum Gasteiger partial charge on any atom is 0.416 e. The molecular weight excluding hydrogens is 319 g/mol. The van der Waals surface area contributed by atoms with E-state index in [2.05, 4.69) is 12.2 Å². The van der Waals surface area contributed by atoms with Gasteiger partial charge < -0.3 is 10.2 Å². The highest BCUT2D eigenvalue weighted by atomic mass is 19.4. The zero-order valence-electron chi connectivity index (χ0n) is 12.5. The van der Waals surface area contributed by atoms with Crippen LogP contribution in [0, 0.1) is 5.41 Å². The average Bonchev–Trinajstić information content (AvgIpc) is 3.12. The van der Waals surface area contributed by atoms with Gasteiger partial charge in [0.2, 0.25) is 11.8 Å². The second kappa shape index (κ2) is 3.99. The third-order valence-corrected chi connectivity index (χ3v) is 5.81. The number of aromatic nitrogens is 1. The Bertz CT molecular complexity index is 866. The number of fused-ring (bicyclic) bond motifs is 3. The first-order valence-corrected chi connectivity index (χ1v) is 7.87. The molecule has 1 aromatic heterocycles. The Labute approximate surface area is 135 Å². The first-order chi connectivity index (χ1) is 11.3. The molecule has 1 aromatic carbocycles. The van der Waals surface area contributed by atoms with Crippen LogP contribution in [0.1, 0.15) is 41.4 Å². The number of hydrogen-bond donors (Lipinski definition) is 2. The third-order valence-electron chi connectivity index (χ3n) is 5.81. The standard InChI is InChI=1S/C18H14F3NO2/c19-18(20,21)9-2-1-3-10(8-9)22-15(23)13-11-4-5-12(14(13)16(22)24)17(11)6-7-17/h1-5,8,11-12,23-24H,6-7H2/t11-,12+. The fourth-order valence-electron chi connectivity index (χ4n) is 4.59. The number of alkyl halides is 3. The zero-order chi connectivity index (χ0) is 16.9. The van der Waals surface area contributed by atoms with Gasteiger partial charge in [0.05, 0.1) is 11.3 Å². The van der Waals surface area contributed by atoms with Crippen LogP contribution in [0.5, 0.6) is 11.8 Å². The highest BCUT2D eigenvalue weighted by Gasteiger charge is 2.64. The molecule has 6 heteroatoms. The van der Waals surface area contributed by atoms with E-state index in [4.69, 9.17) is 0 Å². The van der Waals surface area contributed by atoms with E-state index < -0.39 is 11.7 Å². The van der Waals surface area contributed by atoms with Gasteiger partial charge in [-0.3, -0.25) is 4.57 Å². The van der Waals surface area contributed by atoms with Crippen LogP contribution in [-0.2, 0) is 6.18 Å². The number of benzene rings is 1. The zero-order valence-corrected chi connectivity index (χ0v) is 12.5. The molecule has 3 aliphatic rings. The van der Waals surface area contributed by atoms with Gasteiger partial charge >= 0.3 is 6.18 Å². The molecule has 124 valence electrons. The largest absolute Gasteiger partial charge is 0.494 e. The molecule has 0 aliphatic heterocycles. The molecule has 2 N–H and O–H groups in total. The lowest BCUT2D eigenvalue weighted by Gasteiger charge is -2.17. The van der Waals surface area contributed by atoms with Gasteiger partial charge in [-0.1, -0.05) is 18.2 Å². The fourth-order valence-corrected chi connectivity index (χ4v) is 4.59. The fraction of sp³-hybridized carbons (Fsp3) is 0.333. The molecule has 1 spiro atoms. The number of allylic oxidation sites excluding steroid dienone is 2. The van der Waals surface area contributed by atoms with Crippen molar-refractivity contribution in [1.29, 1.82) is 0 Å². The van der Waals surface area contributed by atoms with E-state index in [-0.39, 0.29) is 34.7 Å². The van der Waals surface area contributed by atoms with Crippen molar-refractivity contribution in [1.82, 2.24) is 4.57 Å². The minimum Gasteiger partial charge on any atom is -0.494 e. The van der Waals surface area contributed by atoms with Crippen molar-refractivity contribution in [3.8, 4) is 17.4 Å². The summed E-state index contributed by atoms with van der Waals surface area (Å²) >= 11 is 0. The van der Waals surface area contributed by atoms with Crippen LogP contribution in [0.3, 0.4) is 0 Å². The van der Waals surface area contributed by atoms with Crippen LogP contribution in [0.2, 0.25) is 0 Å². The molecule has 1 heterocycles. The Morgan fingerprint density at radius 1 is 1.00 bits per heavy atom. The van der Waals surface area contributed by atoms with Gasteiger partial charge in [-0.25, -0.2) is 0 Å². The van der Waals surface area contributed by atoms with Gasteiger partial charge in [0.15, 0.2) is 0 Å². The van der Waals surface area contributed by atoms with Gasteiger partial charge in [-0.15, -0.1) is 0 Å². The van der Waals surface area contributed by atoms with Crippen molar-refractivity contribution < 1.29 is 23.4 Å². The van der Waals surface area contributed by atoms with Crippen molar-refractivity contribution >= 4 is 0 Å². The predicted octanol–water partition coefficient (Wildman–Crippen LogP) is 4.44. The van der Waals surface area contributed by atoms with Crippen molar-refractivity contribution in [3.05, 3.63) is 53.1 Å². The molecule has 0 radical (unpaired) electrons. The molecule has 24 heavy (non-hydrogen) atoms. The van der Waals surface area contributed by atoms with Crippen molar-refractivity contribution in [3.63, 3.8) is 0 Å². The molecular formula is C18H14F3NO2. The summed E-state index contributed by atoms with van der Waals surface area (Å²) in [6, 6.07) is 4.64. The maximum absolute atomic E-state index is 12.9. The van der Waals surface area contributed by atoms with Crippen molar-refractivity contribution in [2.24, 2.45) is 5.41 Å². The first-order valence-electron chi connectivity index (χ1n) is 7.87. The summed E-state index contributed by atoms with van der Waals surface area (Å²) in [5.74, 6) is -0.194. The molecule has 0 unspecified atom stereocenters. The van der Waals surface area contributed by atoms with Crippen LogP contribution in [-0.4, -0.2) is 14.8 Å². The molecule has 3 nitrogen and oxygen atoms in total. The second-order valence-corrected chi connectivity index (χ2v) is 6.93. The number of rotatable bonds is 1. The van der Waals surface area contributed by atoms with E-state index in [0.717, 1.165) is 29.5 Å². The van der Waals surface area contributed by atoms with E-state index >= 15 is 0 Å². The highest BCUT2D eigenvalue weighted by Crippen LogP contribution is 2.76. The Kier molecular flexibility index (Phi) is 2.33. The summed E-state index contributed by atoms with van der Waals surface area (Å²) in [4.78, 5) is 0. The van der Waals surface area contributed by atoms with E-state index in [9.17, 15) is 23.4 Å². The summed E-state index contributed by atoms with van der Waals surface area (Å²) in [6.07, 6.45) is 1.72. The minimum absolute atomic E-state index is 0.0513. The molecule has 2 bridgehead atoms. The van der Waals surface area contributed by atoms with E-state index in [1.165, 1.54) is 12.1 Å². The van der Waals surface area contributed by atoms with E-state index in [1.54, 1.807) is 0 Å². The predicted molar refractivity (Wildman–Crippen MR) is 80.4 cm³/mol.